The molecule has 1 aromatic heterocycles. The van der Waals surface area contributed by atoms with Gasteiger partial charge in [-0.15, -0.1) is 0 Å². The Bertz CT molecular complexity index is 1050. The Labute approximate surface area is 137 Å². The molecular weight excluding hydrogens is 340 g/mol. The molecule has 0 atom stereocenters. The van der Waals surface area contributed by atoms with Crippen molar-refractivity contribution in [3.05, 3.63) is 57.5 Å². The van der Waals surface area contributed by atoms with Crippen molar-refractivity contribution in [1.82, 2.24) is 4.57 Å². The van der Waals surface area contributed by atoms with Crippen molar-refractivity contribution < 1.29 is 12.8 Å². The van der Waals surface area contributed by atoms with Gasteiger partial charge in [0.25, 0.3) is 10.0 Å². The molecule has 1 heterocycles. The van der Waals surface area contributed by atoms with E-state index in [1.807, 2.05) is 0 Å². The summed E-state index contributed by atoms with van der Waals surface area (Å²) >= 11 is 5.79. The van der Waals surface area contributed by atoms with Gasteiger partial charge >= 0.3 is 5.76 Å². The van der Waals surface area contributed by atoms with Crippen LogP contribution in [0.15, 0.2) is 50.5 Å². The van der Waals surface area contributed by atoms with Crippen molar-refractivity contribution in [2.45, 2.75) is 11.8 Å². The van der Waals surface area contributed by atoms with Crippen LogP contribution in [0.3, 0.4) is 0 Å². The summed E-state index contributed by atoms with van der Waals surface area (Å²) in [7, 11) is -2.29. The van der Waals surface area contributed by atoms with Crippen molar-refractivity contribution in [3.8, 4) is 0 Å². The lowest BCUT2D eigenvalue weighted by atomic mass is 10.2. The molecule has 8 heteroatoms. The number of aromatic nitrogens is 1. The van der Waals surface area contributed by atoms with Gasteiger partial charge in [-0.05, 0) is 48.9 Å². The molecule has 0 bridgehead atoms. The van der Waals surface area contributed by atoms with E-state index >= 15 is 0 Å². The Balaban J connectivity index is 2.10. The molecule has 0 amide bonds. The summed E-state index contributed by atoms with van der Waals surface area (Å²) < 4.78 is 34.0. The average Bonchev–Trinajstić information content (AvgIpc) is 2.75. The predicted octanol–water partition coefficient (Wildman–Crippen LogP) is 2.89. The third-order valence-electron chi connectivity index (χ3n) is 3.47. The summed E-state index contributed by atoms with van der Waals surface area (Å²) in [6.07, 6.45) is 0. The van der Waals surface area contributed by atoms with E-state index in [1.165, 1.54) is 23.7 Å². The summed E-state index contributed by atoms with van der Waals surface area (Å²) in [5, 5.41) is 0.513. The van der Waals surface area contributed by atoms with Crippen LogP contribution in [0.4, 0.5) is 5.69 Å². The molecule has 3 aromatic rings. The number of oxazole rings is 1. The van der Waals surface area contributed by atoms with Crippen molar-refractivity contribution in [3.63, 3.8) is 0 Å². The number of sulfonamides is 1. The SMILES string of the molecule is Cc1cc2oc(=O)n(C)c2cc1S(=O)(=O)Nc1ccc(Cl)cc1. The molecule has 0 radical (unpaired) electrons. The van der Waals surface area contributed by atoms with E-state index < -0.39 is 15.8 Å². The van der Waals surface area contributed by atoms with E-state index in [2.05, 4.69) is 4.72 Å². The molecule has 3 rings (SSSR count). The van der Waals surface area contributed by atoms with Gasteiger partial charge in [0.15, 0.2) is 5.58 Å². The number of halogens is 1. The quantitative estimate of drug-likeness (QED) is 0.785. The van der Waals surface area contributed by atoms with Gasteiger partial charge in [0, 0.05) is 17.8 Å². The lowest BCUT2D eigenvalue weighted by molar-refractivity contribution is 0.528. The molecule has 1 N–H and O–H groups in total. The molecule has 2 aromatic carbocycles. The van der Waals surface area contributed by atoms with E-state index in [0.717, 1.165) is 0 Å². The van der Waals surface area contributed by atoms with E-state index in [9.17, 15) is 13.2 Å². The lowest BCUT2D eigenvalue weighted by Gasteiger charge is -2.10. The van der Waals surface area contributed by atoms with E-state index in [4.69, 9.17) is 16.0 Å². The Kier molecular flexibility index (Phi) is 3.69. The fourth-order valence-electron chi connectivity index (χ4n) is 2.27. The average molecular weight is 353 g/mol. The van der Waals surface area contributed by atoms with E-state index in [-0.39, 0.29) is 4.90 Å². The Morgan fingerprint density at radius 3 is 2.48 bits per heavy atom. The predicted molar refractivity (Wildman–Crippen MR) is 88.5 cm³/mol. The molecular formula is C15H13ClN2O4S. The van der Waals surface area contributed by atoms with Crippen LogP contribution in [0.1, 0.15) is 5.56 Å². The van der Waals surface area contributed by atoms with E-state index in [0.29, 0.717) is 27.4 Å². The smallest absolute Gasteiger partial charge is 0.408 e. The van der Waals surface area contributed by atoms with Crippen LogP contribution < -0.4 is 10.5 Å². The summed E-state index contributed by atoms with van der Waals surface area (Å²) in [4.78, 5) is 11.6. The molecule has 120 valence electrons. The number of hydrogen-bond acceptors (Lipinski definition) is 4. The molecule has 0 saturated carbocycles. The second kappa shape index (κ2) is 5.43. The van der Waals surface area contributed by atoms with Gasteiger partial charge in [-0.25, -0.2) is 13.2 Å². The van der Waals surface area contributed by atoms with Gasteiger partial charge < -0.3 is 4.42 Å². The van der Waals surface area contributed by atoms with Gasteiger partial charge in [-0.3, -0.25) is 9.29 Å². The highest BCUT2D eigenvalue weighted by molar-refractivity contribution is 7.92. The van der Waals surface area contributed by atoms with Crippen LogP contribution in [-0.2, 0) is 17.1 Å². The third-order valence-corrected chi connectivity index (χ3v) is 5.25. The van der Waals surface area contributed by atoms with Crippen molar-refractivity contribution in [2.24, 2.45) is 7.05 Å². The molecule has 0 aliphatic heterocycles. The number of hydrogen-bond donors (Lipinski definition) is 1. The molecule has 0 unspecified atom stereocenters. The molecule has 0 fully saturated rings. The van der Waals surface area contributed by atoms with Crippen LogP contribution in [0.2, 0.25) is 5.02 Å². The monoisotopic (exact) mass is 352 g/mol. The number of fused-ring (bicyclic) bond motifs is 1. The highest BCUT2D eigenvalue weighted by Crippen LogP contribution is 2.25. The second-order valence-corrected chi connectivity index (χ2v) is 7.21. The van der Waals surface area contributed by atoms with Crippen LogP contribution >= 0.6 is 11.6 Å². The maximum atomic E-state index is 12.6. The minimum Gasteiger partial charge on any atom is -0.408 e. The molecule has 0 spiro atoms. The lowest BCUT2D eigenvalue weighted by Crippen LogP contribution is -2.14. The van der Waals surface area contributed by atoms with Crippen molar-refractivity contribution in [1.29, 1.82) is 0 Å². The first-order valence-corrected chi connectivity index (χ1v) is 8.52. The summed E-state index contributed by atoms with van der Waals surface area (Å²) in [6.45, 7) is 1.64. The minimum absolute atomic E-state index is 0.0800. The van der Waals surface area contributed by atoms with Gasteiger partial charge in [-0.2, -0.15) is 0 Å². The van der Waals surface area contributed by atoms with Gasteiger partial charge in [0.1, 0.15) is 0 Å². The number of benzene rings is 2. The molecule has 23 heavy (non-hydrogen) atoms. The third kappa shape index (κ3) is 2.85. The summed E-state index contributed by atoms with van der Waals surface area (Å²) in [6, 6.07) is 9.29. The number of rotatable bonds is 3. The van der Waals surface area contributed by atoms with Gasteiger partial charge in [0.2, 0.25) is 0 Å². The highest BCUT2D eigenvalue weighted by atomic mass is 35.5. The standard InChI is InChI=1S/C15H13ClN2O4S/c1-9-7-13-12(18(2)15(19)22-13)8-14(9)23(20,21)17-11-5-3-10(16)4-6-11/h3-8,17H,1-2H3. The maximum absolute atomic E-state index is 12.6. The number of nitrogens with zero attached hydrogens (tertiary/aromatic N) is 1. The number of anilines is 1. The first-order chi connectivity index (χ1) is 10.8. The van der Waals surface area contributed by atoms with Crippen molar-refractivity contribution in [2.75, 3.05) is 4.72 Å². The van der Waals surface area contributed by atoms with Crippen LogP contribution in [0.25, 0.3) is 11.1 Å². The zero-order valence-electron chi connectivity index (χ0n) is 12.3. The van der Waals surface area contributed by atoms with Crippen LogP contribution in [0.5, 0.6) is 0 Å². The zero-order valence-corrected chi connectivity index (χ0v) is 13.9. The largest absolute Gasteiger partial charge is 0.419 e. The van der Waals surface area contributed by atoms with E-state index in [1.54, 1.807) is 31.2 Å². The zero-order chi connectivity index (χ0) is 16.8. The molecule has 6 nitrogen and oxygen atoms in total. The number of nitrogens with one attached hydrogen (secondary N) is 1. The van der Waals surface area contributed by atoms with Gasteiger partial charge in [0.05, 0.1) is 10.4 Å². The fraction of sp³-hybridized carbons (Fsp3) is 0.133. The Morgan fingerprint density at radius 2 is 1.83 bits per heavy atom. The Hall–Kier alpha value is -2.25. The normalized spacial score (nSPS) is 11.8. The highest BCUT2D eigenvalue weighted by Gasteiger charge is 2.20. The number of aryl methyl sites for hydroxylation is 2. The molecule has 0 saturated heterocycles. The first-order valence-electron chi connectivity index (χ1n) is 6.66. The fourth-order valence-corrected chi connectivity index (χ4v) is 3.71. The minimum atomic E-state index is -3.81. The van der Waals surface area contributed by atoms with Crippen molar-refractivity contribution >= 4 is 38.4 Å². The van der Waals surface area contributed by atoms with Gasteiger partial charge in [-0.1, -0.05) is 11.6 Å². The molecule has 0 aliphatic rings. The summed E-state index contributed by atoms with van der Waals surface area (Å²) in [5.74, 6) is -0.542. The Morgan fingerprint density at radius 1 is 1.17 bits per heavy atom. The topological polar surface area (TPSA) is 81.3 Å². The van der Waals surface area contributed by atoms with Crippen LogP contribution in [0, 0.1) is 6.92 Å². The van der Waals surface area contributed by atoms with Crippen LogP contribution in [-0.4, -0.2) is 13.0 Å². The summed E-state index contributed by atoms with van der Waals surface area (Å²) in [5.41, 5.74) is 1.64. The first kappa shape index (κ1) is 15.6. The molecule has 0 aliphatic carbocycles. The maximum Gasteiger partial charge on any atom is 0.419 e. The second-order valence-electron chi connectivity index (χ2n) is 5.12.